The molecule has 1 aliphatic heterocycles. The third kappa shape index (κ3) is 5.14. The highest BCUT2D eigenvalue weighted by Gasteiger charge is 2.42. The largest absolute Gasteiger partial charge is 0.256 e. The second-order valence-electron chi connectivity index (χ2n) is 16.3. The predicted octanol–water partition coefficient (Wildman–Crippen LogP) is 12.9. The van der Waals surface area contributed by atoms with Crippen molar-refractivity contribution in [3.63, 3.8) is 0 Å². The van der Waals surface area contributed by atoms with Gasteiger partial charge in [0.25, 0.3) is 0 Å². The van der Waals surface area contributed by atoms with Crippen LogP contribution in [0.4, 0.5) is 0 Å². The van der Waals surface area contributed by atoms with Gasteiger partial charge in [0.15, 0.2) is 0 Å². The van der Waals surface area contributed by atoms with E-state index in [2.05, 4.69) is 177 Å². The first kappa shape index (κ1) is 33.2. The van der Waals surface area contributed by atoms with Gasteiger partial charge in [-0.1, -0.05) is 147 Å². The van der Waals surface area contributed by atoms with Crippen molar-refractivity contribution >= 4 is 51.5 Å². The Morgan fingerprint density at radius 2 is 1.12 bits per heavy atom. The fraction of sp³-hybridized carbons (Fsp3) is 0.132. The molecule has 5 aromatic carbocycles. The SMILES string of the molecule is C[Si]1(C)C2=C(C=C3C(c4ccc(-c5cccc6ccccc56)cn4)=C4CCCCC4=C(c4ccc(-c5cccc6ccccc56)cn4)C3C=C2)c2ccccc21. The van der Waals surface area contributed by atoms with Crippen LogP contribution in [0.2, 0.25) is 13.1 Å². The van der Waals surface area contributed by atoms with Crippen LogP contribution in [-0.4, -0.2) is 18.0 Å². The summed E-state index contributed by atoms with van der Waals surface area (Å²) >= 11 is 0. The van der Waals surface area contributed by atoms with Crippen LogP contribution in [0, 0.1) is 5.92 Å². The molecule has 0 amide bonds. The average Bonchev–Trinajstić information content (AvgIpc) is 3.34. The number of benzene rings is 5. The Morgan fingerprint density at radius 3 is 1.79 bits per heavy atom. The molecule has 3 heterocycles. The Bertz CT molecular complexity index is 2910. The first-order valence-electron chi connectivity index (χ1n) is 20.1. The molecule has 0 radical (unpaired) electrons. The summed E-state index contributed by atoms with van der Waals surface area (Å²) < 4.78 is 0. The molecule has 1 fully saturated rings. The van der Waals surface area contributed by atoms with Crippen molar-refractivity contribution in [1.29, 1.82) is 0 Å². The van der Waals surface area contributed by atoms with E-state index in [0.717, 1.165) is 35.4 Å². The highest BCUT2D eigenvalue weighted by atomic mass is 28.3. The van der Waals surface area contributed by atoms with Crippen LogP contribution in [0.5, 0.6) is 0 Å². The van der Waals surface area contributed by atoms with Crippen molar-refractivity contribution in [3.05, 3.63) is 203 Å². The lowest BCUT2D eigenvalue weighted by atomic mass is 9.68. The predicted molar refractivity (Wildman–Crippen MR) is 238 cm³/mol. The van der Waals surface area contributed by atoms with Gasteiger partial charge in [-0.2, -0.15) is 0 Å². The molecule has 0 N–H and O–H groups in total. The van der Waals surface area contributed by atoms with Crippen LogP contribution in [0.1, 0.15) is 42.6 Å². The van der Waals surface area contributed by atoms with Crippen molar-refractivity contribution < 1.29 is 0 Å². The molecule has 268 valence electrons. The molecule has 11 rings (SSSR count). The third-order valence-electron chi connectivity index (χ3n) is 12.9. The van der Waals surface area contributed by atoms with Crippen molar-refractivity contribution in [3.8, 4) is 22.3 Å². The molecule has 1 unspecified atom stereocenters. The molecule has 7 aromatic rings. The van der Waals surface area contributed by atoms with E-state index < -0.39 is 8.07 Å². The number of pyridine rings is 2. The number of nitrogens with zero attached hydrogens (tertiary/aromatic N) is 2. The Balaban J connectivity index is 1.10. The van der Waals surface area contributed by atoms with Crippen molar-refractivity contribution in [2.45, 2.75) is 38.8 Å². The first-order chi connectivity index (χ1) is 27.5. The van der Waals surface area contributed by atoms with Gasteiger partial charge in [-0.05, 0) is 120 Å². The second kappa shape index (κ2) is 13.0. The van der Waals surface area contributed by atoms with Crippen molar-refractivity contribution in [1.82, 2.24) is 9.97 Å². The maximum Gasteiger partial charge on any atom is 0.113 e. The van der Waals surface area contributed by atoms with Gasteiger partial charge in [0.2, 0.25) is 0 Å². The maximum absolute atomic E-state index is 5.36. The van der Waals surface area contributed by atoms with E-state index in [9.17, 15) is 0 Å². The van der Waals surface area contributed by atoms with Gasteiger partial charge in [0.1, 0.15) is 8.07 Å². The van der Waals surface area contributed by atoms with Gasteiger partial charge in [0, 0.05) is 35.0 Å². The fourth-order valence-electron chi connectivity index (χ4n) is 10.2. The molecule has 0 spiro atoms. The molecular weight excluding hydrogens is 693 g/mol. The number of rotatable bonds is 4. The molecule has 4 aliphatic rings. The molecule has 56 heavy (non-hydrogen) atoms. The summed E-state index contributed by atoms with van der Waals surface area (Å²) in [4.78, 5) is 10.7. The van der Waals surface area contributed by atoms with Crippen LogP contribution in [0.25, 0.3) is 60.5 Å². The van der Waals surface area contributed by atoms with E-state index >= 15 is 0 Å². The minimum atomic E-state index is -1.91. The third-order valence-corrected chi connectivity index (χ3v) is 16.5. The van der Waals surface area contributed by atoms with Gasteiger partial charge in [0.05, 0.1) is 11.4 Å². The molecule has 1 saturated carbocycles. The van der Waals surface area contributed by atoms with Crippen LogP contribution in [0.15, 0.2) is 186 Å². The zero-order valence-corrected chi connectivity index (χ0v) is 32.9. The van der Waals surface area contributed by atoms with E-state index in [-0.39, 0.29) is 5.92 Å². The minimum Gasteiger partial charge on any atom is -0.256 e. The van der Waals surface area contributed by atoms with E-state index in [0.29, 0.717) is 0 Å². The quantitative estimate of drug-likeness (QED) is 0.168. The van der Waals surface area contributed by atoms with Gasteiger partial charge in [-0.25, -0.2) is 0 Å². The van der Waals surface area contributed by atoms with Crippen LogP contribution in [0.3, 0.4) is 0 Å². The van der Waals surface area contributed by atoms with E-state index in [4.69, 9.17) is 9.97 Å². The lowest BCUT2D eigenvalue weighted by Gasteiger charge is -2.36. The second-order valence-corrected chi connectivity index (χ2v) is 20.6. The summed E-state index contributed by atoms with van der Waals surface area (Å²) in [7, 11) is -1.91. The zero-order chi connectivity index (χ0) is 37.4. The van der Waals surface area contributed by atoms with E-state index in [1.54, 1.807) is 0 Å². The summed E-state index contributed by atoms with van der Waals surface area (Å²) in [5, 5.41) is 8.08. The van der Waals surface area contributed by atoms with Crippen molar-refractivity contribution in [2.24, 2.45) is 5.92 Å². The van der Waals surface area contributed by atoms with Gasteiger partial charge in [-0.3, -0.25) is 9.97 Å². The Hall–Kier alpha value is -6.16. The van der Waals surface area contributed by atoms with Crippen LogP contribution < -0.4 is 5.19 Å². The van der Waals surface area contributed by atoms with Gasteiger partial charge in [-0.15, -0.1) is 0 Å². The number of hydrogen-bond donors (Lipinski definition) is 0. The number of fused-ring (bicyclic) bond motifs is 6. The molecule has 0 saturated heterocycles. The highest BCUT2D eigenvalue weighted by Crippen LogP contribution is 2.54. The Kier molecular flexibility index (Phi) is 7.69. The van der Waals surface area contributed by atoms with Gasteiger partial charge >= 0.3 is 0 Å². The maximum atomic E-state index is 5.36. The number of aromatic nitrogens is 2. The lowest BCUT2D eigenvalue weighted by molar-refractivity contribution is 0.672. The highest BCUT2D eigenvalue weighted by molar-refractivity contribution is 6.99. The standard InChI is InChI=1S/C53H42N2Si/c1-56(2)50-24-10-9-19-42(50)46-31-47-45(27-30-51(46)56)52(48-28-25-36(32-54-48)40-22-11-15-34-13-3-5-17-38(34)40)43-20-7-8-21-44(43)53(47)49-29-26-37(33-55-49)41-23-12-16-35-14-4-6-18-39(35)41/h3-6,9-19,22-33,45H,7-8,20-21H2,1-2H3. The smallest absolute Gasteiger partial charge is 0.113 e. The van der Waals surface area contributed by atoms with E-state index in [1.165, 1.54) is 94.9 Å². The Morgan fingerprint density at radius 1 is 0.554 bits per heavy atom. The lowest BCUT2D eigenvalue weighted by Crippen LogP contribution is -2.41. The molecule has 1 atom stereocenters. The number of hydrogen-bond acceptors (Lipinski definition) is 2. The fourth-order valence-corrected chi connectivity index (χ4v) is 13.3. The molecule has 3 aliphatic carbocycles. The summed E-state index contributed by atoms with van der Waals surface area (Å²) in [6.07, 6.45) is 16.3. The van der Waals surface area contributed by atoms with Gasteiger partial charge < -0.3 is 0 Å². The molecule has 2 nitrogen and oxygen atoms in total. The molecule has 0 bridgehead atoms. The summed E-state index contributed by atoms with van der Waals surface area (Å²) in [5.74, 6) is 0.0693. The van der Waals surface area contributed by atoms with E-state index in [1.807, 2.05) is 0 Å². The first-order valence-corrected chi connectivity index (χ1v) is 23.1. The summed E-state index contributed by atoms with van der Waals surface area (Å²) in [6, 6.07) is 48.8. The Labute approximate surface area is 330 Å². The topological polar surface area (TPSA) is 25.8 Å². The average molecular weight is 735 g/mol. The molecular formula is C53H42N2Si. The van der Waals surface area contributed by atoms with Crippen LogP contribution >= 0.6 is 0 Å². The minimum absolute atomic E-state index is 0.0693. The molecule has 2 aromatic heterocycles. The number of allylic oxidation sites excluding steroid dienone is 10. The normalized spacial score (nSPS) is 18.4. The van der Waals surface area contributed by atoms with Crippen molar-refractivity contribution in [2.75, 3.05) is 0 Å². The summed E-state index contributed by atoms with van der Waals surface area (Å²) in [5.41, 5.74) is 16.7. The molecule has 3 heteroatoms. The summed E-state index contributed by atoms with van der Waals surface area (Å²) in [6.45, 7) is 5.04. The zero-order valence-electron chi connectivity index (χ0n) is 31.9. The monoisotopic (exact) mass is 734 g/mol. The van der Waals surface area contributed by atoms with Crippen LogP contribution in [-0.2, 0) is 0 Å².